The predicted octanol–water partition coefficient (Wildman–Crippen LogP) is 2.25. The molecule has 1 heterocycles. The molecule has 2 rings (SSSR count). The van der Waals surface area contributed by atoms with Gasteiger partial charge in [0, 0.05) is 19.4 Å². The lowest BCUT2D eigenvalue weighted by Crippen LogP contribution is -2.19. The maximum atomic E-state index is 13.5. The van der Waals surface area contributed by atoms with Gasteiger partial charge in [-0.1, -0.05) is 12.1 Å². The molecular weight excluding hydrogens is 205 g/mol. The van der Waals surface area contributed by atoms with Crippen LogP contribution in [0, 0.1) is 5.82 Å². The van der Waals surface area contributed by atoms with Gasteiger partial charge in [0.05, 0.1) is 12.2 Å². The number of hydrogen-bond acceptors (Lipinski definition) is 3. The summed E-state index contributed by atoms with van der Waals surface area (Å²) in [7, 11) is 1.81. The first kappa shape index (κ1) is 10.5. The Morgan fingerprint density at radius 3 is 2.50 bits per heavy atom. The number of hydrogen-bond donors (Lipinski definition) is 0. The standard InChI is InChI=1S/C12H12FN3/c1-16(9-12-14-7-4-8-15-12)11-6-3-2-5-10(11)13/h2-8H,9H2,1H3. The topological polar surface area (TPSA) is 29.0 Å². The number of halogens is 1. The lowest BCUT2D eigenvalue weighted by Gasteiger charge is -2.18. The molecule has 1 aromatic carbocycles. The highest BCUT2D eigenvalue weighted by Gasteiger charge is 2.07. The molecule has 0 N–H and O–H groups in total. The van der Waals surface area contributed by atoms with Gasteiger partial charge in [-0.05, 0) is 18.2 Å². The Hall–Kier alpha value is -1.97. The van der Waals surface area contributed by atoms with E-state index in [1.165, 1.54) is 6.07 Å². The van der Waals surface area contributed by atoms with Crippen LogP contribution in [0.15, 0.2) is 42.7 Å². The molecule has 0 saturated heterocycles. The highest BCUT2D eigenvalue weighted by atomic mass is 19.1. The van der Waals surface area contributed by atoms with Crippen LogP contribution in [0.5, 0.6) is 0 Å². The lowest BCUT2D eigenvalue weighted by atomic mass is 10.3. The summed E-state index contributed by atoms with van der Waals surface area (Å²) in [5, 5.41) is 0. The van der Waals surface area contributed by atoms with Crippen molar-refractivity contribution in [3.8, 4) is 0 Å². The van der Waals surface area contributed by atoms with Crippen LogP contribution in [0.25, 0.3) is 0 Å². The van der Waals surface area contributed by atoms with Crippen LogP contribution in [0.2, 0.25) is 0 Å². The fourth-order valence-electron chi connectivity index (χ4n) is 1.47. The normalized spacial score (nSPS) is 10.1. The van der Waals surface area contributed by atoms with E-state index in [-0.39, 0.29) is 5.82 Å². The zero-order valence-electron chi connectivity index (χ0n) is 8.97. The number of aromatic nitrogens is 2. The summed E-state index contributed by atoms with van der Waals surface area (Å²) in [6.07, 6.45) is 3.36. The van der Waals surface area contributed by atoms with Gasteiger partial charge in [0.2, 0.25) is 0 Å². The second kappa shape index (κ2) is 4.70. The Morgan fingerprint density at radius 1 is 1.12 bits per heavy atom. The molecular formula is C12H12FN3. The zero-order chi connectivity index (χ0) is 11.4. The molecule has 0 radical (unpaired) electrons. The maximum Gasteiger partial charge on any atom is 0.147 e. The first-order chi connectivity index (χ1) is 7.77. The van der Waals surface area contributed by atoms with Gasteiger partial charge in [0.25, 0.3) is 0 Å². The van der Waals surface area contributed by atoms with Gasteiger partial charge in [-0.2, -0.15) is 0 Å². The summed E-state index contributed by atoms with van der Waals surface area (Å²) >= 11 is 0. The average molecular weight is 217 g/mol. The second-order valence-electron chi connectivity index (χ2n) is 3.47. The molecule has 0 aliphatic carbocycles. The molecule has 4 heteroatoms. The molecule has 0 unspecified atom stereocenters. The van der Waals surface area contributed by atoms with Crippen molar-refractivity contribution in [1.29, 1.82) is 0 Å². The zero-order valence-corrected chi connectivity index (χ0v) is 8.97. The average Bonchev–Trinajstić information content (AvgIpc) is 2.31. The summed E-state index contributed by atoms with van der Waals surface area (Å²) < 4.78 is 13.5. The summed E-state index contributed by atoms with van der Waals surface area (Å²) in [6, 6.07) is 8.41. The van der Waals surface area contributed by atoms with E-state index in [2.05, 4.69) is 9.97 Å². The SMILES string of the molecule is CN(Cc1ncccn1)c1ccccc1F. The van der Waals surface area contributed by atoms with E-state index in [0.29, 0.717) is 18.1 Å². The Morgan fingerprint density at radius 2 is 1.81 bits per heavy atom. The predicted molar refractivity (Wildman–Crippen MR) is 60.5 cm³/mol. The number of benzene rings is 1. The van der Waals surface area contributed by atoms with Crippen LogP contribution in [0.1, 0.15) is 5.82 Å². The van der Waals surface area contributed by atoms with Crippen molar-refractivity contribution in [2.75, 3.05) is 11.9 Å². The summed E-state index contributed by atoms with van der Waals surface area (Å²) in [5.74, 6) is 0.439. The third-order valence-corrected chi connectivity index (χ3v) is 2.26. The largest absolute Gasteiger partial charge is 0.365 e. The number of para-hydroxylation sites is 1. The van der Waals surface area contributed by atoms with Crippen molar-refractivity contribution < 1.29 is 4.39 Å². The smallest absolute Gasteiger partial charge is 0.147 e. The molecule has 16 heavy (non-hydrogen) atoms. The van der Waals surface area contributed by atoms with Crippen molar-refractivity contribution in [2.24, 2.45) is 0 Å². The van der Waals surface area contributed by atoms with Crippen molar-refractivity contribution in [3.63, 3.8) is 0 Å². The van der Waals surface area contributed by atoms with Crippen molar-refractivity contribution in [1.82, 2.24) is 9.97 Å². The molecule has 0 bridgehead atoms. The van der Waals surface area contributed by atoms with Crippen molar-refractivity contribution >= 4 is 5.69 Å². The van der Waals surface area contributed by atoms with Crippen LogP contribution in [-0.2, 0) is 6.54 Å². The molecule has 0 saturated carbocycles. The number of nitrogens with zero attached hydrogens (tertiary/aromatic N) is 3. The summed E-state index contributed by atoms with van der Waals surface area (Å²) in [5.41, 5.74) is 0.551. The molecule has 3 nitrogen and oxygen atoms in total. The fourth-order valence-corrected chi connectivity index (χ4v) is 1.47. The molecule has 0 aliphatic heterocycles. The Labute approximate surface area is 93.6 Å². The van der Waals surface area contributed by atoms with Crippen LogP contribution < -0.4 is 4.90 Å². The quantitative estimate of drug-likeness (QED) is 0.789. The minimum Gasteiger partial charge on any atom is -0.365 e. The van der Waals surface area contributed by atoms with Crippen LogP contribution in [0.4, 0.5) is 10.1 Å². The van der Waals surface area contributed by atoms with Gasteiger partial charge in [-0.25, -0.2) is 14.4 Å². The monoisotopic (exact) mass is 217 g/mol. The minimum absolute atomic E-state index is 0.235. The van der Waals surface area contributed by atoms with Gasteiger partial charge in [0.15, 0.2) is 0 Å². The molecule has 0 spiro atoms. The molecule has 0 fully saturated rings. The number of rotatable bonds is 3. The van der Waals surface area contributed by atoms with E-state index in [9.17, 15) is 4.39 Å². The highest BCUT2D eigenvalue weighted by Crippen LogP contribution is 2.17. The first-order valence-corrected chi connectivity index (χ1v) is 4.99. The van der Waals surface area contributed by atoms with Gasteiger partial charge >= 0.3 is 0 Å². The maximum absolute atomic E-state index is 13.5. The Kier molecular flexibility index (Phi) is 3.10. The van der Waals surface area contributed by atoms with Crippen LogP contribution in [0.3, 0.4) is 0 Å². The van der Waals surface area contributed by atoms with E-state index in [0.717, 1.165) is 0 Å². The van der Waals surface area contributed by atoms with Gasteiger partial charge < -0.3 is 4.90 Å². The summed E-state index contributed by atoms with van der Waals surface area (Å²) in [4.78, 5) is 9.98. The molecule has 1 aromatic heterocycles. The third-order valence-electron chi connectivity index (χ3n) is 2.26. The Bertz CT molecular complexity index is 459. The molecule has 0 aliphatic rings. The van der Waals surface area contributed by atoms with E-state index in [1.807, 2.05) is 7.05 Å². The third kappa shape index (κ3) is 2.34. The van der Waals surface area contributed by atoms with E-state index in [1.54, 1.807) is 41.6 Å². The van der Waals surface area contributed by atoms with Crippen LogP contribution >= 0.6 is 0 Å². The van der Waals surface area contributed by atoms with E-state index < -0.39 is 0 Å². The fraction of sp³-hybridized carbons (Fsp3) is 0.167. The van der Waals surface area contributed by atoms with E-state index in [4.69, 9.17) is 0 Å². The minimum atomic E-state index is -0.235. The first-order valence-electron chi connectivity index (χ1n) is 4.99. The highest BCUT2D eigenvalue weighted by molar-refractivity contribution is 5.46. The lowest BCUT2D eigenvalue weighted by molar-refractivity contribution is 0.621. The van der Waals surface area contributed by atoms with Crippen molar-refractivity contribution in [3.05, 3.63) is 54.4 Å². The van der Waals surface area contributed by atoms with Crippen molar-refractivity contribution in [2.45, 2.75) is 6.54 Å². The number of anilines is 1. The van der Waals surface area contributed by atoms with Gasteiger partial charge in [-0.3, -0.25) is 0 Å². The van der Waals surface area contributed by atoms with Gasteiger partial charge in [0.1, 0.15) is 11.6 Å². The van der Waals surface area contributed by atoms with Crippen LogP contribution in [-0.4, -0.2) is 17.0 Å². The van der Waals surface area contributed by atoms with E-state index >= 15 is 0 Å². The Balaban J connectivity index is 2.15. The second-order valence-corrected chi connectivity index (χ2v) is 3.47. The van der Waals surface area contributed by atoms with Gasteiger partial charge in [-0.15, -0.1) is 0 Å². The molecule has 0 atom stereocenters. The molecule has 2 aromatic rings. The molecule has 0 amide bonds. The molecule has 82 valence electrons. The summed E-state index contributed by atoms with van der Waals surface area (Å²) in [6.45, 7) is 0.488.